The maximum Gasteiger partial charge on any atom is 0.416 e. The summed E-state index contributed by atoms with van der Waals surface area (Å²) in [5.74, 6) is -0.772. The third-order valence-corrected chi connectivity index (χ3v) is 6.37. The lowest BCUT2D eigenvalue weighted by Crippen LogP contribution is -2.29. The van der Waals surface area contributed by atoms with Crippen molar-refractivity contribution in [3.63, 3.8) is 0 Å². The molecule has 0 aliphatic carbocycles. The summed E-state index contributed by atoms with van der Waals surface area (Å²) in [7, 11) is 1.31. The summed E-state index contributed by atoms with van der Waals surface area (Å²) in [5, 5.41) is 8.34. The van der Waals surface area contributed by atoms with Gasteiger partial charge in [0.15, 0.2) is 0 Å². The van der Waals surface area contributed by atoms with Crippen LogP contribution in [-0.2, 0) is 17.3 Å². The molecule has 6 nitrogen and oxygen atoms in total. The number of alkyl halides is 3. The molecular formula is C29H28F3N3O3. The number of methoxy groups -OCH3 is 1. The Morgan fingerprint density at radius 2 is 1.63 bits per heavy atom. The summed E-state index contributed by atoms with van der Waals surface area (Å²) in [6.07, 6.45) is -4.07. The Hall–Kier alpha value is -4.14. The Morgan fingerprint density at radius 3 is 2.21 bits per heavy atom. The molecule has 1 amide bonds. The van der Waals surface area contributed by atoms with Crippen molar-refractivity contribution in [2.75, 3.05) is 7.11 Å². The van der Waals surface area contributed by atoms with Crippen LogP contribution < -0.4 is 5.32 Å². The number of aromatic nitrogens is 2. The average Bonchev–Trinajstić information content (AvgIpc) is 3.29. The summed E-state index contributed by atoms with van der Waals surface area (Å²) in [6.45, 7) is 5.69. The molecule has 1 heterocycles. The smallest absolute Gasteiger partial charge is 0.416 e. The number of nitrogens with zero attached hydrogens (tertiary/aromatic N) is 2. The summed E-state index contributed by atoms with van der Waals surface area (Å²) in [4.78, 5) is 25.4. The average molecular weight is 524 g/mol. The second kappa shape index (κ2) is 10.7. The molecule has 0 saturated heterocycles. The second-order valence-electron chi connectivity index (χ2n) is 9.38. The number of hydrogen-bond acceptors (Lipinski definition) is 4. The predicted molar refractivity (Wildman–Crippen MR) is 138 cm³/mol. The van der Waals surface area contributed by atoms with Crippen molar-refractivity contribution in [2.24, 2.45) is 0 Å². The van der Waals surface area contributed by atoms with Gasteiger partial charge in [-0.3, -0.25) is 9.48 Å². The Labute approximate surface area is 218 Å². The van der Waals surface area contributed by atoms with E-state index < -0.39 is 17.7 Å². The van der Waals surface area contributed by atoms with E-state index in [-0.39, 0.29) is 18.0 Å². The van der Waals surface area contributed by atoms with Crippen molar-refractivity contribution in [1.29, 1.82) is 0 Å². The van der Waals surface area contributed by atoms with Gasteiger partial charge in [-0.1, -0.05) is 36.4 Å². The number of rotatable bonds is 7. The highest BCUT2D eigenvalue weighted by Gasteiger charge is 2.30. The van der Waals surface area contributed by atoms with Gasteiger partial charge in [-0.2, -0.15) is 18.3 Å². The van der Waals surface area contributed by atoms with Crippen LogP contribution in [0, 0.1) is 0 Å². The van der Waals surface area contributed by atoms with Crippen LogP contribution in [0.5, 0.6) is 0 Å². The van der Waals surface area contributed by atoms with E-state index in [0.29, 0.717) is 34.1 Å². The minimum absolute atomic E-state index is 0.114. The van der Waals surface area contributed by atoms with Gasteiger partial charge in [-0.05, 0) is 74.2 Å². The van der Waals surface area contributed by atoms with Gasteiger partial charge in [-0.15, -0.1) is 0 Å². The van der Waals surface area contributed by atoms with Crippen LogP contribution in [0.25, 0.3) is 10.9 Å². The number of carbonyl (C=O) groups is 2. The number of benzene rings is 3. The van der Waals surface area contributed by atoms with Gasteiger partial charge in [0.05, 0.1) is 29.8 Å². The molecule has 0 aliphatic rings. The molecule has 9 heteroatoms. The molecule has 0 unspecified atom stereocenters. The van der Waals surface area contributed by atoms with Crippen LogP contribution in [0.3, 0.4) is 0 Å². The van der Waals surface area contributed by atoms with Crippen LogP contribution in [0.1, 0.15) is 76.0 Å². The molecule has 38 heavy (non-hydrogen) atoms. The molecule has 1 aromatic heterocycles. The standard InChI is InChI=1S/C29H28F3N3O3/c1-17(2)35-26(27(36)33-18(3)20-10-12-21(13-11-20)28(37)38-4)25-22(6-5-7-24(25)34-35)16-19-8-14-23(15-9-19)29(30,31)32/h5-15,17-18H,16H2,1-4H3,(H,33,36)/t18-/m0/s1. The number of ether oxygens (including phenoxy) is 1. The fraction of sp³-hybridized carbons (Fsp3) is 0.276. The van der Waals surface area contributed by atoms with Gasteiger partial charge in [0, 0.05) is 11.4 Å². The fourth-order valence-electron chi connectivity index (χ4n) is 4.37. The van der Waals surface area contributed by atoms with E-state index in [4.69, 9.17) is 4.74 Å². The molecule has 0 saturated carbocycles. The number of fused-ring (bicyclic) bond motifs is 1. The number of hydrogen-bond donors (Lipinski definition) is 1. The van der Waals surface area contributed by atoms with E-state index in [9.17, 15) is 22.8 Å². The number of nitrogens with one attached hydrogen (secondary N) is 1. The zero-order valence-electron chi connectivity index (χ0n) is 21.5. The van der Waals surface area contributed by atoms with E-state index in [2.05, 4.69) is 10.4 Å². The minimum Gasteiger partial charge on any atom is -0.465 e. The highest BCUT2D eigenvalue weighted by Crippen LogP contribution is 2.31. The molecule has 0 bridgehead atoms. The lowest BCUT2D eigenvalue weighted by molar-refractivity contribution is -0.137. The molecular weight excluding hydrogens is 495 g/mol. The quantitative estimate of drug-likeness (QED) is 0.281. The first-order chi connectivity index (χ1) is 18.0. The monoisotopic (exact) mass is 523 g/mol. The predicted octanol–water partition coefficient (Wildman–Crippen LogP) is 6.50. The lowest BCUT2D eigenvalue weighted by atomic mass is 9.98. The third kappa shape index (κ3) is 5.56. The van der Waals surface area contributed by atoms with Crippen molar-refractivity contribution in [1.82, 2.24) is 15.1 Å². The first-order valence-electron chi connectivity index (χ1n) is 12.1. The topological polar surface area (TPSA) is 73.2 Å². The van der Waals surface area contributed by atoms with Gasteiger partial charge < -0.3 is 10.1 Å². The second-order valence-corrected chi connectivity index (χ2v) is 9.38. The number of halogens is 3. The Kier molecular flexibility index (Phi) is 7.57. The lowest BCUT2D eigenvalue weighted by Gasteiger charge is -2.17. The van der Waals surface area contributed by atoms with Gasteiger partial charge >= 0.3 is 12.1 Å². The first-order valence-corrected chi connectivity index (χ1v) is 12.1. The zero-order valence-corrected chi connectivity index (χ0v) is 21.5. The SMILES string of the molecule is COC(=O)c1ccc([C@H](C)NC(=O)c2c3c(Cc4ccc(C(F)(F)F)cc4)cccc3nn2C(C)C)cc1. The van der Waals surface area contributed by atoms with Crippen molar-refractivity contribution >= 4 is 22.8 Å². The van der Waals surface area contributed by atoms with Crippen LogP contribution in [-0.4, -0.2) is 28.8 Å². The van der Waals surface area contributed by atoms with Gasteiger partial charge in [0.25, 0.3) is 5.91 Å². The van der Waals surface area contributed by atoms with E-state index in [1.54, 1.807) is 28.9 Å². The molecule has 1 N–H and O–H groups in total. The van der Waals surface area contributed by atoms with Crippen molar-refractivity contribution in [3.05, 3.63) is 100 Å². The first kappa shape index (κ1) is 26.9. The maximum absolute atomic E-state index is 13.6. The van der Waals surface area contributed by atoms with Crippen molar-refractivity contribution in [3.8, 4) is 0 Å². The summed E-state index contributed by atoms with van der Waals surface area (Å²) in [6, 6.07) is 16.8. The Bertz CT molecular complexity index is 1460. The van der Waals surface area contributed by atoms with Crippen LogP contribution in [0.4, 0.5) is 13.2 Å². The normalized spacial score (nSPS) is 12.5. The highest BCUT2D eigenvalue weighted by atomic mass is 19.4. The zero-order chi connectivity index (χ0) is 27.6. The van der Waals surface area contributed by atoms with Gasteiger partial charge in [0.1, 0.15) is 5.69 Å². The van der Waals surface area contributed by atoms with E-state index in [1.165, 1.54) is 19.2 Å². The summed E-state index contributed by atoms with van der Waals surface area (Å²) < 4.78 is 45.4. The molecule has 0 radical (unpaired) electrons. The van der Waals surface area contributed by atoms with Crippen LogP contribution in [0.2, 0.25) is 0 Å². The minimum atomic E-state index is -4.40. The van der Waals surface area contributed by atoms with Crippen LogP contribution >= 0.6 is 0 Å². The molecule has 3 aromatic carbocycles. The molecule has 198 valence electrons. The van der Waals surface area contributed by atoms with Crippen molar-refractivity contribution in [2.45, 2.75) is 45.5 Å². The molecule has 0 aliphatic heterocycles. The largest absolute Gasteiger partial charge is 0.465 e. The van der Waals surface area contributed by atoms with Gasteiger partial charge in [-0.25, -0.2) is 4.79 Å². The molecule has 0 spiro atoms. The number of esters is 1. The summed E-state index contributed by atoms with van der Waals surface area (Å²) in [5.41, 5.74) is 2.99. The van der Waals surface area contributed by atoms with Gasteiger partial charge in [0.2, 0.25) is 0 Å². The molecule has 4 rings (SSSR count). The van der Waals surface area contributed by atoms with Crippen LogP contribution in [0.15, 0.2) is 66.7 Å². The van der Waals surface area contributed by atoms with E-state index >= 15 is 0 Å². The summed E-state index contributed by atoms with van der Waals surface area (Å²) >= 11 is 0. The van der Waals surface area contributed by atoms with E-state index in [0.717, 1.165) is 23.3 Å². The third-order valence-electron chi connectivity index (χ3n) is 6.37. The molecule has 4 aromatic rings. The van der Waals surface area contributed by atoms with E-state index in [1.807, 2.05) is 39.0 Å². The Morgan fingerprint density at radius 1 is 0.974 bits per heavy atom. The molecule has 1 atom stereocenters. The fourth-order valence-corrected chi connectivity index (χ4v) is 4.37. The highest BCUT2D eigenvalue weighted by molar-refractivity contribution is 6.06. The maximum atomic E-state index is 13.6. The number of carbonyl (C=O) groups excluding carboxylic acids is 2. The van der Waals surface area contributed by atoms with Crippen molar-refractivity contribution < 1.29 is 27.5 Å². The Balaban J connectivity index is 1.67. The number of amides is 1. The molecule has 0 fully saturated rings.